The highest BCUT2D eigenvalue weighted by Crippen LogP contribution is 2.59. The van der Waals surface area contributed by atoms with Gasteiger partial charge in [-0.15, -0.1) is 11.3 Å². The molecule has 6 aromatic carbocycles. The molecule has 0 N–H and O–H groups in total. The number of allylic oxidation sites excluding steroid dienone is 4. The van der Waals surface area contributed by atoms with Gasteiger partial charge in [-0.25, -0.2) is 15.0 Å². The van der Waals surface area contributed by atoms with Crippen molar-refractivity contribution in [3.63, 3.8) is 0 Å². The van der Waals surface area contributed by atoms with Crippen molar-refractivity contribution in [2.24, 2.45) is 0 Å². The molecule has 258 valence electrons. The van der Waals surface area contributed by atoms with Gasteiger partial charge in [0, 0.05) is 53.8 Å². The molecule has 1 atom stereocenters. The molecule has 6 heteroatoms. The van der Waals surface area contributed by atoms with Crippen LogP contribution in [0, 0.1) is 0 Å². The Morgan fingerprint density at radius 1 is 0.593 bits per heavy atom. The first-order valence-corrected chi connectivity index (χ1v) is 19.2. The summed E-state index contributed by atoms with van der Waals surface area (Å²) in [6.07, 6.45) is 9.35. The average molecular weight is 716 g/mol. The number of para-hydroxylation sites is 1. The molecule has 2 aromatic heterocycles. The molecule has 54 heavy (non-hydrogen) atoms. The largest absolute Gasteiger partial charge is 0.449 e. The summed E-state index contributed by atoms with van der Waals surface area (Å²) in [5, 5.41) is 2.53. The van der Waals surface area contributed by atoms with Crippen molar-refractivity contribution < 1.29 is 9.47 Å². The van der Waals surface area contributed by atoms with Crippen LogP contribution in [0.3, 0.4) is 0 Å². The molecule has 0 bridgehead atoms. The van der Waals surface area contributed by atoms with Crippen LogP contribution in [-0.2, 0) is 5.41 Å². The fourth-order valence-corrected chi connectivity index (χ4v) is 9.47. The maximum absolute atomic E-state index is 6.73. The van der Waals surface area contributed by atoms with E-state index >= 15 is 0 Å². The lowest BCUT2D eigenvalue weighted by molar-refractivity contribution is 0.361. The highest BCUT2D eigenvalue weighted by molar-refractivity contribution is 7.25. The normalized spacial score (nSPS) is 16.0. The molecule has 1 unspecified atom stereocenters. The quantitative estimate of drug-likeness (QED) is 0.182. The van der Waals surface area contributed by atoms with E-state index in [1.54, 1.807) is 11.3 Å². The van der Waals surface area contributed by atoms with Crippen LogP contribution in [0.4, 0.5) is 0 Å². The minimum Gasteiger partial charge on any atom is -0.449 e. The summed E-state index contributed by atoms with van der Waals surface area (Å²) in [6.45, 7) is 4.55. The van der Waals surface area contributed by atoms with Gasteiger partial charge in [-0.2, -0.15) is 0 Å². The molecule has 0 spiro atoms. The number of hydrogen-bond acceptors (Lipinski definition) is 6. The topological polar surface area (TPSA) is 57.1 Å². The second-order valence-corrected chi connectivity index (χ2v) is 15.8. The maximum Gasteiger partial charge on any atom is 0.178 e. The lowest BCUT2D eigenvalue weighted by atomic mass is 9.82. The Morgan fingerprint density at radius 3 is 2.19 bits per heavy atom. The zero-order valence-electron chi connectivity index (χ0n) is 29.7. The summed E-state index contributed by atoms with van der Waals surface area (Å²) in [6, 6.07) is 42.5. The van der Waals surface area contributed by atoms with Crippen LogP contribution in [0.1, 0.15) is 43.1 Å². The van der Waals surface area contributed by atoms with Gasteiger partial charge < -0.3 is 9.47 Å². The van der Waals surface area contributed by atoms with Crippen LogP contribution >= 0.6 is 11.3 Å². The number of ether oxygens (including phenoxy) is 2. The van der Waals surface area contributed by atoms with E-state index < -0.39 is 0 Å². The second-order valence-electron chi connectivity index (χ2n) is 14.7. The molecule has 3 aliphatic rings. The Kier molecular flexibility index (Phi) is 6.83. The second kappa shape index (κ2) is 11.8. The predicted molar refractivity (Wildman–Crippen MR) is 219 cm³/mol. The monoisotopic (exact) mass is 715 g/mol. The number of rotatable bonds is 4. The highest BCUT2D eigenvalue weighted by Gasteiger charge is 2.39. The van der Waals surface area contributed by atoms with Gasteiger partial charge in [-0.3, -0.25) is 0 Å². The van der Waals surface area contributed by atoms with Crippen molar-refractivity contribution in [2.45, 2.75) is 31.6 Å². The minimum atomic E-state index is -0.120. The maximum atomic E-state index is 6.73. The van der Waals surface area contributed by atoms with E-state index in [4.69, 9.17) is 24.4 Å². The van der Waals surface area contributed by atoms with E-state index in [0.29, 0.717) is 23.1 Å². The molecule has 3 heterocycles. The van der Waals surface area contributed by atoms with Gasteiger partial charge in [-0.1, -0.05) is 135 Å². The summed E-state index contributed by atoms with van der Waals surface area (Å²) in [5.41, 5.74) is 8.64. The van der Waals surface area contributed by atoms with Crippen molar-refractivity contribution in [3.05, 3.63) is 163 Å². The van der Waals surface area contributed by atoms with Crippen molar-refractivity contribution in [1.29, 1.82) is 0 Å². The van der Waals surface area contributed by atoms with Crippen LogP contribution in [0.2, 0.25) is 0 Å². The molecular weight excluding hydrogens is 683 g/mol. The number of aromatic nitrogens is 3. The van der Waals surface area contributed by atoms with Crippen molar-refractivity contribution in [1.82, 2.24) is 15.0 Å². The molecule has 0 amide bonds. The van der Waals surface area contributed by atoms with Crippen molar-refractivity contribution in [3.8, 4) is 68.0 Å². The summed E-state index contributed by atoms with van der Waals surface area (Å²) >= 11 is 1.80. The summed E-state index contributed by atoms with van der Waals surface area (Å²) < 4.78 is 15.9. The molecule has 0 saturated heterocycles. The molecule has 1 aliphatic heterocycles. The Labute approximate surface area is 316 Å². The summed E-state index contributed by atoms with van der Waals surface area (Å²) in [7, 11) is 0. The van der Waals surface area contributed by atoms with Gasteiger partial charge >= 0.3 is 0 Å². The third kappa shape index (κ3) is 4.80. The standard InChI is InChI=1S/C48H33N3O2S/c1-48(2)36-16-8-6-14-35(36)42-37(48)25-26-39-44(42)53-38-17-10-15-32(43(38)52-39)28-19-21-30(22-20-28)46-49-45(29-11-4-3-5-12-29)50-47(51-46)31-23-24-34-33-13-7-9-18-40(33)54-41(34)27-31/h3-11,13-27,29H,12H2,1-2H3. The first-order valence-electron chi connectivity index (χ1n) is 18.4. The number of thiophene rings is 1. The first-order chi connectivity index (χ1) is 26.5. The fourth-order valence-electron chi connectivity index (χ4n) is 8.33. The van der Waals surface area contributed by atoms with E-state index in [0.717, 1.165) is 51.6 Å². The molecular formula is C48H33N3O2S. The van der Waals surface area contributed by atoms with E-state index in [2.05, 4.69) is 147 Å². The Hall–Kier alpha value is -6.37. The third-order valence-corrected chi connectivity index (χ3v) is 12.3. The van der Waals surface area contributed by atoms with Crippen molar-refractivity contribution >= 4 is 31.5 Å². The third-order valence-electron chi connectivity index (χ3n) is 11.1. The number of fused-ring (bicyclic) bond motifs is 9. The molecule has 0 radical (unpaired) electrons. The SMILES string of the molecule is CC1(C)c2ccccc2-c2c1ccc1c2Oc2cccc(-c3ccc(-c4nc(-c5ccc6c(c5)sc5ccccc56)nc(C5C=CC=CC5)n4)cc3)c2O1. The summed E-state index contributed by atoms with van der Waals surface area (Å²) in [4.78, 5) is 15.2. The van der Waals surface area contributed by atoms with Crippen LogP contribution in [0.25, 0.3) is 65.2 Å². The van der Waals surface area contributed by atoms with Gasteiger partial charge in [0.2, 0.25) is 0 Å². The Balaban J connectivity index is 0.958. The van der Waals surface area contributed by atoms with Gasteiger partial charge in [-0.05, 0) is 52.9 Å². The lowest BCUT2D eigenvalue weighted by Crippen LogP contribution is -2.15. The van der Waals surface area contributed by atoms with Crippen LogP contribution in [-0.4, -0.2) is 15.0 Å². The zero-order valence-corrected chi connectivity index (χ0v) is 30.5. The van der Waals surface area contributed by atoms with E-state index in [1.807, 2.05) is 12.1 Å². The average Bonchev–Trinajstić information content (AvgIpc) is 3.71. The number of hydrogen-bond donors (Lipinski definition) is 0. The molecule has 11 rings (SSSR count). The predicted octanol–water partition coefficient (Wildman–Crippen LogP) is 13.0. The Bertz CT molecular complexity index is 2900. The lowest BCUT2D eigenvalue weighted by Gasteiger charge is -2.26. The summed E-state index contributed by atoms with van der Waals surface area (Å²) in [5.74, 6) is 5.11. The number of nitrogens with zero attached hydrogens (tertiary/aromatic N) is 3. The molecule has 2 aliphatic carbocycles. The molecule has 0 fully saturated rings. The van der Waals surface area contributed by atoms with Gasteiger partial charge in [0.15, 0.2) is 34.6 Å². The fraction of sp³-hybridized carbons (Fsp3) is 0.104. The van der Waals surface area contributed by atoms with Gasteiger partial charge in [0.1, 0.15) is 5.82 Å². The smallest absolute Gasteiger partial charge is 0.178 e. The van der Waals surface area contributed by atoms with Crippen LogP contribution in [0.15, 0.2) is 146 Å². The molecule has 5 nitrogen and oxygen atoms in total. The van der Waals surface area contributed by atoms with E-state index in [-0.39, 0.29) is 11.3 Å². The molecule has 8 aromatic rings. The van der Waals surface area contributed by atoms with Gasteiger partial charge in [0.05, 0.1) is 0 Å². The minimum absolute atomic E-state index is 0.0829. The van der Waals surface area contributed by atoms with Crippen LogP contribution < -0.4 is 9.47 Å². The van der Waals surface area contributed by atoms with E-state index in [1.165, 1.54) is 36.9 Å². The van der Waals surface area contributed by atoms with Gasteiger partial charge in [0.25, 0.3) is 0 Å². The van der Waals surface area contributed by atoms with E-state index in [9.17, 15) is 0 Å². The number of benzene rings is 6. The highest BCUT2D eigenvalue weighted by atomic mass is 32.1. The van der Waals surface area contributed by atoms with Crippen LogP contribution in [0.5, 0.6) is 23.0 Å². The Morgan fingerprint density at radius 2 is 1.31 bits per heavy atom. The first kappa shape index (κ1) is 31.2. The molecule has 0 saturated carbocycles. The van der Waals surface area contributed by atoms with Crippen molar-refractivity contribution in [2.75, 3.05) is 0 Å². The zero-order chi connectivity index (χ0) is 36.0.